The summed E-state index contributed by atoms with van der Waals surface area (Å²) in [6.45, 7) is 14.6. The highest BCUT2D eigenvalue weighted by Gasteiger charge is 2.22. The van der Waals surface area contributed by atoms with E-state index in [1.54, 1.807) is 0 Å². The topological polar surface area (TPSA) is 37.4 Å². The van der Waals surface area contributed by atoms with E-state index < -0.39 is 0 Å². The maximum atomic E-state index is 5.72. The molecule has 120 valence electrons. The standard InChI is InChI=1S/C16H29N3OS/c1-6-20-13-7-9-19(10-8-13)15-18-12(2)14(21-15)11-17-16(3,4)5/h13,17H,6-11H2,1-5H3. The van der Waals surface area contributed by atoms with Crippen molar-refractivity contribution < 1.29 is 4.74 Å². The van der Waals surface area contributed by atoms with E-state index in [1.807, 2.05) is 11.3 Å². The second-order valence-electron chi connectivity index (χ2n) is 6.75. The van der Waals surface area contributed by atoms with Gasteiger partial charge in [0.15, 0.2) is 5.13 Å². The average molecular weight is 311 g/mol. The third-order valence-corrected chi connectivity index (χ3v) is 4.99. The molecule has 1 aliphatic heterocycles. The van der Waals surface area contributed by atoms with Crippen molar-refractivity contribution in [3.8, 4) is 0 Å². The highest BCUT2D eigenvalue weighted by molar-refractivity contribution is 7.15. The SMILES string of the molecule is CCOC1CCN(c2nc(C)c(CNC(C)(C)C)s2)CC1. The summed E-state index contributed by atoms with van der Waals surface area (Å²) in [5.41, 5.74) is 1.31. The number of aromatic nitrogens is 1. The van der Waals surface area contributed by atoms with Gasteiger partial charge in [-0.05, 0) is 47.5 Å². The number of anilines is 1. The fourth-order valence-electron chi connectivity index (χ4n) is 2.51. The molecule has 1 aromatic heterocycles. The first kappa shape index (κ1) is 16.7. The van der Waals surface area contributed by atoms with Crippen LogP contribution in [0.15, 0.2) is 0 Å². The lowest BCUT2D eigenvalue weighted by molar-refractivity contribution is 0.0459. The van der Waals surface area contributed by atoms with E-state index in [1.165, 1.54) is 15.7 Å². The zero-order valence-electron chi connectivity index (χ0n) is 14.0. The van der Waals surface area contributed by atoms with Crippen LogP contribution in [0.25, 0.3) is 0 Å². The van der Waals surface area contributed by atoms with Gasteiger partial charge in [-0.2, -0.15) is 0 Å². The van der Waals surface area contributed by atoms with Crippen LogP contribution in [0.4, 0.5) is 5.13 Å². The molecule has 0 aromatic carbocycles. The summed E-state index contributed by atoms with van der Waals surface area (Å²) in [5.74, 6) is 0. The van der Waals surface area contributed by atoms with Gasteiger partial charge in [0.05, 0.1) is 11.8 Å². The van der Waals surface area contributed by atoms with Gasteiger partial charge >= 0.3 is 0 Å². The average Bonchev–Trinajstić information content (AvgIpc) is 2.78. The van der Waals surface area contributed by atoms with Gasteiger partial charge < -0.3 is 15.0 Å². The first-order valence-corrected chi connectivity index (χ1v) is 8.78. The van der Waals surface area contributed by atoms with Gasteiger partial charge in [0.1, 0.15) is 0 Å². The van der Waals surface area contributed by atoms with E-state index in [2.05, 4.69) is 44.8 Å². The van der Waals surface area contributed by atoms with Gasteiger partial charge in [0.25, 0.3) is 0 Å². The van der Waals surface area contributed by atoms with Crippen LogP contribution < -0.4 is 10.2 Å². The van der Waals surface area contributed by atoms with Crippen LogP contribution in [0.5, 0.6) is 0 Å². The summed E-state index contributed by atoms with van der Waals surface area (Å²) < 4.78 is 5.72. The van der Waals surface area contributed by atoms with Crippen molar-refractivity contribution in [3.05, 3.63) is 10.6 Å². The largest absolute Gasteiger partial charge is 0.378 e. The molecule has 1 saturated heterocycles. The number of rotatable bonds is 5. The van der Waals surface area contributed by atoms with Gasteiger partial charge in [-0.1, -0.05) is 0 Å². The first-order valence-electron chi connectivity index (χ1n) is 7.97. The van der Waals surface area contributed by atoms with Crippen molar-refractivity contribution in [2.24, 2.45) is 0 Å². The van der Waals surface area contributed by atoms with Crippen molar-refractivity contribution in [2.75, 3.05) is 24.6 Å². The summed E-state index contributed by atoms with van der Waals surface area (Å²) in [5, 5.41) is 4.73. The molecule has 0 spiro atoms. The molecular formula is C16H29N3OS. The van der Waals surface area contributed by atoms with Crippen LogP contribution in [0.3, 0.4) is 0 Å². The molecule has 5 heteroatoms. The highest BCUT2D eigenvalue weighted by Crippen LogP contribution is 2.29. The third-order valence-electron chi connectivity index (χ3n) is 3.78. The van der Waals surface area contributed by atoms with Crippen molar-refractivity contribution in [2.45, 2.75) is 65.6 Å². The number of nitrogens with one attached hydrogen (secondary N) is 1. The van der Waals surface area contributed by atoms with Crippen molar-refractivity contribution in [1.29, 1.82) is 0 Å². The number of thiazole rings is 1. The van der Waals surface area contributed by atoms with E-state index >= 15 is 0 Å². The van der Waals surface area contributed by atoms with E-state index in [-0.39, 0.29) is 5.54 Å². The molecule has 1 N–H and O–H groups in total. The van der Waals surface area contributed by atoms with Crippen LogP contribution in [0.2, 0.25) is 0 Å². The van der Waals surface area contributed by atoms with Crippen LogP contribution >= 0.6 is 11.3 Å². The molecule has 0 saturated carbocycles. The lowest BCUT2D eigenvalue weighted by Crippen LogP contribution is -2.37. The van der Waals surface area contributed by atoms with Crippen molar-refractivity contribution >= 4 is 16.5 Å². The fourth-order valence-corrected chi connectivity index (χ4v) is 3.56. The molecule has 1 aromatic rings. The maximum Gasteiger partial charge on any atom is 0.185 e. The number of ether oxygens (including phenoxy) is 1. The predicted octanol–water partition coefficient (Wildman–Crippen LogP) is 3.34. The molecule has 0 atom stereocenters. The summed E-state index contributed by atoms with van der Waals surface area (Å²) in [6.07, 6.45) is 2.67. The maximum absolute atomic E-state index is 5.72. The van der Waals surface area contributed by atoms with Crippen LogP contribution in [0.1, 0.15) is 51.1 Å². The van der Waals surface area contributed by atoms with E-state index in [9.17, 15) is 0 Å². The third kappa shape index (κ3) is 4.94. The summed E-state index contributed by atoms with van der Waals surface area (Å²) in [7, 11) is 0. The van der Waals surface area contributed by atoms with Crippen LogP contribution in [0, 0.1) is 6.92 Å². The number of hydrogen-bond donors (Lipinski definition) is 1. The van der Waals surface area contributed by atoms with Gasteiger partial charge in [-0.15, -0.1) is 11.3 Å². The van der Waals surface area contributed by atoms with Gasteiger partial charge in [0, 0.05) is 36.7 Å². The minimum Gasteiger partial charge on any atom is -0.378 e. The number of hydrogen-bond acceptors (Lipinski definition) is 5. The Balaban J connectivity index is 1.93. The Labute approximate surface area is 132 Å². The van der Waals surface area contributed by atoms with Gasteiger partial charge in [-0.25, -0.2) is 4.98 Å². The lowest BCUT2D eigenvalue weighted by atomic mass is 10.1. The minimum absolute atomic E-state index is 0.145. The van der Waals surface area contributed by atoms with Crippen molar-refractivity contribution in [3.63, 3.8) is 0 Å². The van der Waals surface area contributed by atoms with Crippen LogP contribution in [-0.4, -0.2) is 36.3 Å². The van der Waals surface area contributed by atoms with Gasteiger partial charge in [-0.3, -0.25) is 0 Å². The molecule has 0 unspecified atom stereocenters. The second kappa shape index (κ2) is 7.07. The quantitative estimate of drug-likeness (QED) is 0.905. The molecule has 4 nitrogen and oxygen atoms in total. The molecule has 1 fully saturated rings. The molecule has 0 aliphatic carbocycles. The fraction of sp³-hybridized carbons (Fsp3) is 0.812. The molecule has 0 amide bonds. The number of piperidine rings is 1. The predicted molar refractivity (Wildman–Crippen MR) is 90.3 cm³/mol. The Kier molecular flexibility index (Phi) is 5.63. The second-order valence-corrected chi connectivity index (χ2v) is 7.81. The molecule has 21 heavy (non-hydrogen) atoms. The zero-order valence-corrected chi connectivity index (χ0v) is 14.8. The van der Waals surface area contributed by atoms with E-state index in [4.69, 9.17) is 9.72 Å². The minimum atomic E-state index is 0.145. The summed E-state index contributed by atoms with van der Waals surface area (Å²) in [4.78, 5) is 8.53. The van der Waals surface area contributed by atoms with Gasteiger partial charge in [0.2, 0.25) is 0 Å². The molecule has 1 aliphatic rings. The molecule has 0 radical (unpaired) electrons. The van der Waals surface area contributed by atoms with Crippen molar-refractivity contribution in [1.82, 2.24) is 10.3 Å². The summed E-state index contributed by atoms with van der Waals surface area (Å²) >= 11 is 1.83. The monoisotopic (exact) mass is 311 g/mol. The summed E-state index contributed by atoms with van der Waals surface area (Å²) in [6, 6.07) is 0. The normalized spacial score (nSPS) is 17.5. The molecule has 2 rings (SSSR count). The Morgan fingerprint density at radius 1 is 1.33 bits per heavy atom. The highest BCUT2D eigenvalue weighted by atomic mass is 32.1. The lowest BCUT2D eigenvalue weighted by Gasteiger charge is -2.31. The smallest absolute Gasteiger partial charge is 0.185 e. The zero-order chi connectivity index (χ0) is 15.5. The first-order chi connectivity index (χ1) is 9.89. The Bertz CT molecular complexity index is 445. The Morgan fingerprint density at radius 3 is 2.57 bits per heavy atom. The van der Waals surface area contributed by atoms with E-state index in [0.717, 1.165) is 39.1 Å². The number of nitrogens with zero attached hydrogens (tertiary/aromatic N) is 2. The number of aryl methyl sites for hydroxylation is 1. The molecule has 2 heterocycles. The Morgan fingerprint density at radius 2 is 2.00 bits per heavy atom. The molecule has 0 bridgehead atoms. The molecular weight excluding hydrogens is 282 g/mol. The van der Waals surface area contributed by atoms with E-state index in [0.29, 0.717) is 6.10 Å². The Hall–Kier alpha value is -0.650. The van der Waals surface area contributed by atoms with Crippen LogP contribution in [-0.2, 0) is 11.3 Å².